The second-order valence-electron chi connectivity index (χ2n) is 5.53. The summed E-state index contributed by atoms with van der Waals surface area (Å²) in [6, 6.07) is 5.93. The third-order valence-corrected chi connectivity index (χ3v) is 3.84. The van der Waals surface area contributed by atoms with Crippen LogP contribution in [-0.4, -0.2) is 53.7 Å². The third-order valence-electron chi connectivity index (χ3n) is 3.84. The van der Waals surface area contributed by atoms with Crippen molar-refractivity contribution in [3.8, 4) is 6.01 Å². The zero-order valence-corrected chi connectivity index (χ0v) is 13.0. The maximum Gasteiger partial charge on any atom is 0.294 e. The summed E-state index contributed by atoms with van der Waals surface area (Å²) in [7, 11) is 1.81. The molecule has 2 heterocycles. The summed E-state index contributed by atoms with van der Waals surface area (Å²) in [5, 5.41) is 0. The Morgan fingerprint density at radius 3 is 3.14 bits per heavy atom. The van der Waals surface area contributed by atoms with Gasteiger partial charge in [-0.25, -0.2) is 0 Å². The molecule has 2 aromatic rings. The monoisotopic (exact) mass is 303 g/mol. The van der Waals surface area contributed by atoms with Crippen LogP contribution in [0.15, 0.2) is 18.2 Å². The number of H-pyrrole nitrogens is 1. The molecule has 0 radical (unpaired) electrons. The Labute approximate surface area is 129 Å². The summed E-state index contributed by atoms with van der Waals surface area (Å²) in [4.78, 5) is 21.6. The minimum atomic E-state index is -0.00930. The first-order chi connectivity index (χ1) is 10.7. The highest BCUT2D eigenvalue weighted by Gasteiger charge is 2.21. The molecule has 1 aromatic heterocycles. The molecule has 0 aliphatic carbocycles. The number of hydrogen-bond donors (Lipinski definition) is 1. The highest BCUT2D eigenvalue weighted by molar-refractivity contribution is 5.97. The minimum absolute atomic E-state index is 0.00930. The van der Waals surface area contributed by atoms with Crippen molar-refractivity contribution in [2.75, 3.05) is 26.8 Å². The van der Waals surface area contributed by atoms with Crippen LogP contribution in [0.5, 0.6) is 6.01 Å². The average Bonchev–Trinajstić information content (AvgIpc) is 3.14. The second-order valence-corrected chi connectivity index (χ2v) is 5.53. The van der Waals surface area contributed by atoms with Crippen molar-refractivity contribution in [2.45, 2.75) is 25.9 Å². The van der Waals surface area contributed by atoms with Crippen LogP contribution in [-0.2, 0) is 4.74 Å². The molecule has 3 rings (SSSR count). The van der Waals surface area contributed by atoms with Crippen molar-refractivity contribution in [1.29, 1.82) is 0 Å². The molecule has 1 N–H and O–H groups in total. The van der Waals surface area contributed by atoms with Gasteiger partial charge >= 0.3 is 0 Å². The van der Waals surface area contributed by atoms with E-state index in [0.717, 1.165) is 30.5 Å². The molecule has 0 bridgehead atoms. The summed E-state index contributed by atoms with van der Waals surface area (Å²) in [5.41, 5.74) is 2.24. The molecule has 118 valence electrons. The second kappa shape index (κ2) is 6.36. The van der Waals surface area contributed by atoms with E-state index in [9.17, 15) is 4.79 Å². The lowest BCUT2D eigenvalue weighted by Crippen LogP contribution is -2.34. The lowest BCUT2D eigenvalue weighted by Gasteiger charge is -2.20. The van der Waals surface area contributed by atoms with E-state index >= 15 is 0 Å². The maximum atomic E-state index is 12.5. The quantitative estimate of drug-likeness (QED) is 0.919. The van der Waals surface area contributed by atoms with Crippen molar-refractivity contribution < 1.29 is 14.3 Å². The Balaban J connectivity index is 1.74. The molecule has 1 aromatic carbocycles. The lowest BCUT2D eigenvalue weighted by molar-refractivity contribution is 0.0587. The van der Waals surface area contributed by atoms with E-state index in [1.165, 1.54) is 0 Å². The van der Waals surface area contributed by atoms with Gasteiger partial charge < -0.3 is 19.4 Å². The van der Waals surface area contributed by atoms with Crippen molar-refractivity contribution in [2.24, 2.45) is 0 Å². The molecule has 0 spiro atoms. The number of amides is 1. The summed E-state index contributed by atoms with van der Waals surface area (Å²) in [6.45, 7) is 3.88. The van der Waals surface area contributed by atoms with Gasteiger partial charge in [-0.3, -0.25) is 4.79 Å². The molecular weight excluding hydrogens is 282 g/mol. The summed E-state index contributed by atoms with van der Waals surface area (Å²) >= 11 is 0. The average molecular weight is 303 g/mol. The number of imidazole rings is 1. The first-order valence-corrected chi connectivity index (χ1v) is 7.67. The van der Waals surface area contributed by atoms with Gasteiger partial charge in [0.25, 0.3) is 11.9 Å². The SMILES string of the molecule is CCOc1nc2ccc(C(=O)N(C)C[C@H]3CCCO3)cc2[nH]1. The topological polar surface area (TPSA) is 67.4 Å². The fraction of sp³-hybridized carbons (Fsp3) is 0.500. The fourth-order valence-corrected chi connectivity index (χ4v) is 2.72. The number of benzene rings is 1. The minimum Gasteiger partial charge on any atom is -0.465 e. The van der Waals surface area contributed by atoms with Crippen LogP contribution < -0.4 is 4.74 Å². The molecule has 0 unspecified atom stereocenters. The van der Waals surface area contributed by atoms with Crippen LogP contribution in [0, 0.1) is 0 Å². The van der Waals surface area contributed by atoms with E-state index in [4.69, 9.17) is 9.47 Å². The van der Waals surface area contributed by atoms with E-state index in [1.807, 2.05) is 26.1 Å². The number of aromatic nitrogens is 2. The number of hydrogen-bond acceptors (Lipinski definition) is 4. The molecule has 1 aliphatic heterocycles. The Morgan fingerprint density at radius 2 is 2.41 bits per heavy atom. The van der Waals surface area contributed by atoms with E-state index in [2.05, 4.69) is 9.97 Å². The highest BCUT2D eigenvalue weighted by atomic mass is 16.5. The van der Waals surface area contributed by atoms with Gasteiger partial charge in [0.2, 0.25) is 0 Å². The Hall–Kier alpha value is -2.08. The van der Waals surface area contributed by atoms with Gasteiger partial charge in [0.05, 0.1) is 23.7 Å². The van der Waals surface area contributed by atoms with Crippen molar-refractivity contribution in [3.63, 3.8) is 0 Å². The standard InChI is InChI=1S/C16H21N3O3/c1-3-21-16-17-13-7-6-11(9-14(13)18-16)15(20)19(2)10-12-5-4-8-22-12/h6-7,9,12H,3-5,8,10H2,1-2H3,(H,17,18)/t12-/m1/s1. The summed E-state index contributed by atoms with van der Waals surface area (Å²) in [5.74, 6) is -0.00930. The molecule has 6 heteroatoms. The molecule has 1 amide bonds. The number of likely N-dealkylation sites (N-methyl/N-ethyl adjacent to an activating group) is 1. The Morgan fingerprint density at radius 1 is 1.55 bits per heavy atom. The highest BCUT2D eigenvalue weighted by Crippen LogP contribution is 2.19. The maximum absolute atomic E-state index is 12.5. The van der Waals surface area contributed by atoms with Gasteiger partial charge in [0, 0.05) is 25.8 Å². The zero-order valence-electron chi connectivity index (χ0n) is 13.0. The number of nitrogens with one attached hydrogen (secondary N) is 1. The summed E-state index contributed by atoms with van der Waals surface area (Å²) < 4.78 is 10.9. The van der Waals surface area contributed by atoms with Gasteiger partial charge in [0.15, 0.2) is 0 Å². The molecule has 1 atom stereocenters. The molecule has 1 saturated heterocycles. The number of aromatic amines is 1. The van der Waals surface area contributed by atoms with E-state index in [0.29, 0.717) is 24.7 Å². The largest absolute Gasteiger partial charge is 0.465 e. The fourth-order valence-electron chi connectivity index (χ4n) is 2.72. The third kappa shape index (κ3) is 3.06. The molecule has 6 nitrogen and oxygen atoms in total. The predicted molar refractivity (Wildman–Crippen MR) is 83.2 cm³/mol. The molecule has 0 saturated carbocycles. The van der Waals surface area contributed by atoms with Crippen LogP contribution in [0.1, 0.15) is 30.1 Å². The molecule has 1 aliphatic rings. The lowest BCUT2D eigenvalue weighted by atomic mass is 10.1. The van der Waals surface area contributed by atoms with Crippen LogP contribution in [0.4, 0.5) is 0 Å². The molecule has 22 heavy (non-hydrogen) atoms. The predicted octanol–water partition coefficient (Wildman–Crippen LogP) is 2.21. The number of carbonyl (C=O) groups excluding carboxylic acids is 1. The van der Waals surface area contributed by atoms with Gasteiger partial charge in [-0.1, -0.05) is 0 Å². The van der Waals surface area contributed by atoms with Crippen LogP contribution >= 0.6 is 0 Å². The van der Waals surface area contributed by atoms with Crippen molar-refractivity contribution in [1.82, 2.24) is 14.9 Å². The number of ether oxygens (including phenoxy) is 2. The first kappa shape index (κ1) is 14.8. The number of fused-ring (bicyclic) bond motifs is 1. The van der Waals surface area contributed by atoms with Gasteiger partial charge in [-0.05, 0) is 38.0 Å². The zero-order chi connectivity index (χ0) is 15.5. The van der Waals surface area contributed by atoms with E-state index in [-0.39, 0.29) is 12.0 Å². The van der Waals surface area contributed by atoms with E-state index < -0.39 is 0 Å². The van der Waals surface area contributed by atoms with Crippen LogP contribution in [0.2, 0.25) is 0 Å². The first-order valence-electron chi connectivity index (χ1n) is 7.67. The van der Waals surface area contributed by atoms with Crippen molar-refractivity contribution in [3.05, 3.63) is 23.8 Å². The number of nitrogens with zero attached hydrogens (tertiary/aromatic N) is 2. The van der Waals surface area contributed by atoms with Crippen LogP contribution in [0.3, 0.4) is 0 Å². The van der Waals surface area contributed by atoms with Gasteiger partial charge in [-0.2, -0.15) is 4.98 Å². The van der Waals surface area contributed by atoms with E-state index in [1.54, 1.807) is 11.0 Å². The molecule has 1 fully saturated rings. The van der Waals surface area contributed by atoms with Crippen molar-refractivity contribution >= 4 is 16.9 Å². The summed E-state index contributed by atoms with van der Waals surface area (Å²) in [6.07, 6.45) is 2.26. The van der Waals surface area contributed by atoms with Crippen LogP contribution in [0.25, 0.3) is 11.0 Å². The Bertz CT molecular complexity index is 662. The van der Waals surface area contributed by atoms with Gasteiger partial charge in [-0.15, -0.1) is 0 Å². The van der Waals surface area contributed by atoms with Gasteiger partial charge in [0.1, 0.15) is 0 Å². The Kier molecular flexibility index (Phi) is 4.29. The normalized spacial score (nSPS) is 17.8. The number of carbonyl (C=O) groups is 1. The number of rotatable bonds is 5. The molecular formula is C16H21N3O3. The smallest absolute Gasteiger partial charge is 0.294 e.